The molecule has 0 aromatic carbocycles. The molecule has 0 spiro atoms. The van der Waals surface area contributed by atoms with E-state index < -0.39 is 5.54 Å². The molecule has 0 bridgehead atoms. The number of ether oxygens (including phenoxy) is 1. The van der Waals surface area contributed by atoms with Crippen molar-refractivity contribution in [3.63, 3.8) is 0 Å². The second-order valence-electron chi connectivity index (χ2n) is 7.05. The van der Waals surface area contributed by atoms with Gasteiger partial charge in [0.1, 0.15) is 0 Å². The van der Waals surface area contributed by atoms with Crippen LogP contribution < -0.4 is 11.1 Å². The Hall–Kier alpha value is -0.690. The van der Waals surface area contributed by atoms with Gasteiger partial charge in [-0.15, -0.1) is 0 Å². The summed E-state index contributed by atoms with van der Waals surface area (Å²) < 4.78 is 5.29. The summed E-state index contributed by atoms with van der Waals surface area (Å²) >= 11 is 0. The fourth-order valence-electron chi connectivity index (χ4n) is 2.96. The van der Waals surface area contributed by atoms with Crippen LogP contribution in [0.15, 0.2) is 0 Å². The normalized spacial score (nSPS) is 24.8. The molecule has 0 radical (unpaired) electrons. The van der Waals surface area contributed by atoms with E-state index in [4.69, 9.17) is 10.5 Å². The first kappa shape index (κ1) is 16.7. The molecule has 2 rings (SSSR count). The third-order valence-electron chi connectivity index (χ3n) is 4.88. The van der Waals surface area contributed by atoms with Crippen molar-refractivity contribution in [1.29, 1.82) is 0 Å². The van der Waals surface area contributed by atoms with Crippen molar-refractivity contribution in [3.8, 4) is 0 Å². The van der Waals surface area contributed by atoms with E-state index in [1.54, 1.807) is 0 Å². The number of nitrogens with one attached hydrogen (secondary N) is 1. The van der Waals surface area contributed by atoms with Crippen molar-refractivity contribution >= 4 is 5.91 Å². The molecule has 0 aromatic rings. The van der Waals surface area contributed by atoms with Crippen molar-refractivity contribution < 1.29 is 9.53 Å². The minimum absolute atomic E-state index is 0.0343. The molecule has 2 aliphatic rings. The average Bonchev–Trinajstić information content (AvgIpc) is 2.46. The summed E-state index contributed by atoms with van der Waals surface area (Å²) in [4.78, 5) is 17.2. The van der Waals surface area contributed by atoms with Crippen LogP contribution in [0.25, 0.3) is 0 Å². The molecule has 0 atom stereocenters. The van der Waals surface area contributed by atoms with Gasteiger partial charge in [0, 0.05) is 51.5 Å². The van der Waals surface area contributed by atoms with Gasteiger partial charge in [-0.2, -0.15) is 0 Å². The summed E-state index contributed by atoms with van der Waals surface area (Å²) in [7, 11) is 2.15. The number of amides is 1. The summed E-state index contributed by atoms with van der Waals surface area (Å²) in [5.41, 5.74) is 5.42. The lowest BCUT2D eigenvalue weighted by molar-refractivity contribution is -0.130. The van der Waals surface area contributed by atoms with Crippen molar-refractivity contribution in [2.24, 2.45) is 5.73 Å². The highest BCUT2D eigenvalue weighted by Gasteiger charge is 2.37. The van der Waals surface area contributed by atoms with Crippen LogP contribution in [0.5, 0.6) is 0 Å². The predicted molar refractivity (Wildman–Crippen MR) is 83.1 cm³/mol. The fourth-order valence-corrected chi connectivity index (χ4v) is 2.96. The maximum Gasteiger partial charge on any atom is 0.240 e. The van der Waals surface area contributed by atoms with Gasteiger partial charge >= 0.3 is 0 Å². The van der Waals surface area contributed by atoms with Crippen LogP contribution in [0, 0.1) is 0 Å². The highest BCUT2D eigenvalue weighted by Crippen LogP contribution is 2.19. The molecule has 2 saturated heterocycles. The topological polar surface area (TPSA) is 70.8 Å². The molecule has 3 N–H and O–H groups in total. The molecule has 21 heavy (non-hydrogen) atoms. The van der Waals surface area contributed by atoms with Gasteiger partial charge in [0.25, 0.3) is 0 Å². The van der Waals surface area contributed by atoms with Crippen LogP contribution in [-0.2, 0) is 9.53 Å². The van der Waals surface area contributed by atoms with Crippen molar-refractivity contribution in [2.45, 2.75) is 37.8 Å². The number of carbonyl (C=O) groups is 1. The lowest BCUT2D eigenvalue weighted by Crippen LogP contribution is -2.62. The number of hydrogen-bond acceptors (Lipinski definition) is 5. The van der Waals surface area contributed by atoms with E-state index in [1.807, 2.05) is 0 Å². The quantitative estimate of drug-likeness (QED) is 0.741. The molecule has 6 heteroatoms. The van der Waals surface area contributed by atoms with E-state index in [-0.39, 0.29) is 11.4 Å². The van der Waals surface area contributed by atoms with Gasteiger partial charge in [0.15, 0.2) is 0 Å². The summed E-state index contributed by atoms with van der Waals surface area (Å²) in [5, 5.41) is 3.07. The first-order valence-electron chi connectivity index (χ1n) is 7.92. The van der Waals surface area contributed by atoms with Crippen LogP contribution >= 0.6 is 0 Å². The maximum absolute atomic E-state index is 12.4. The van der Waals surface area contributed by atoms with E-state index in [9.17, 15) is 4.79 Å². The maximum atomic E-state index is 12.4. The van der Waals surface area contributed by atoms with Gasteiger partial charge in [-0.1, -0.05) is 0 Å². The Morgan fingerprint density at radius 3 is 2.38 bits per heavy atom. The largest absolute Gasteiger partial charge is 0.381 e. The second kappa shape index (κ2) is 6.60. The first-order chi connectivity index (χ1) is 9.83. The molecular weight excluding hydrogens is 268 g/mol. The Balaban J connectivity index is 1.84. The first-order valence-corrected chi connectivity index (χ1v) is 7.92. The number of carbonyl (C=O) groups excluding carboxylic acids is 1. The minimum Gasteiger partial charge on any atom is -0.381 e. The zero-order valence-electron chi connectivity index (χ0n) is 13.7. The Morgan fingerprint density at radius 2 is 1.81 bits per heavy atom. The summed E-state index contributed by atoms with van der Waals surface area (Å²) in [6, 6.07) is 0. The molecule has 6 nitrogen and oxygen atoms in total. The van der Waals surface area contributed by atoms with E-state index in [1.165, 1.54) is 0 Å². The standard InChI is InChI=1S/C15H30N4O2/c1-14(2,19-8-6-18(3)7-9-19)12-17-13(20)15(16)4-10-21-11-5-15/h4-12,16H2,1-3H3,(H,17,20). The Bertz CT molecular complexity index is 359. The van der Waals surface area contributed by atoms with Crippen LogP contribution in [0.4, 0.5) is 0 Å². The molecule has 122 valence electrons. The smallest absolute Gasteiger partial charge is 0.240 e. The molecule has 0 aromatic heterocycles. The number of piperazine rings is 1. The van der Waals surface area contributed by atoms with Gasteiger partial charge < -0.3 is 20.7 Å². The van der Waals surface area contributed by atoms with Crippen LogP contribution in [0.1, 0.15) is 26.7 Å². The molecular formula is C15H30N4O2. The van der Waals surface area contributed by atoms with Crippen molar-refractivity contribution in [2.75, 3.05) is 53.0 Å². The number of nitrogens with two attached hydrogens (primary N) is 1. The number of likely N-dealkylation sites (N-methyl/N-ethyl adjacent to an activating group) is 1. The lowest BCUT2D eigenvalue weighted by atomic mass is 9.90. The average molecular weight is 298 g/mol. The summed E-state index contributed by atoms with van der Waals surface area (Å²) in [5.74, 6) is -0.0343. The third-order valence-corrected chi connectivity index (χ3v) is 4.88. The van der Waals surface area contributed by atoms with Gasteiger partial charge in [0.05, 0.1) is 5.54 Å². The molecule has 2 aliphatic heterocycles. The predicted octanol–water partition coefficient (Wildman–Crippen LogP) is -0.363. The number of nitrogens with zero attached hydrogens (tertiary/aromatic N) is 2. The molecule has 2 fully saturated rings. The minimum atomic E-state index is -0.754. The monoisotopic (exact) mass is 298 g/mol. The van der Waals surface area contributed by atoms with E-state index in [0.29, 0.717) is 32.6 Å². The second-order valence-corrected chi connectivity index (χ2v) is 7.05. The van der Waals surface area contributed by atoms with Gasteiger partial charge in [-0.3, -0.25) is 9.69 Å². The van der Waals surface area contributed by atoms with Crippen LogP contribution in [0.3, 0.4) is 0 Å². The van der Waals surface area contributed by atoms with Gasteiger partial charge in [0.2, 0.25) is 5.91 Å². The highest BCUT2D eigenvalue weighted by molar-refractivity contribution is 5.86. The third kappa shape index (κ3) is 4.16. The van der Waals surface area contributed by atoms with Crippen molar-refractivity contribution in [1.82, 2.24) is 15.1 Å². The zero-order chi connectivity index (χ0) is 15.5. The Labute approximate surface area is 128 Å². The van der Waals surface area contributed by atoms with Crippen molar-refractivity contribution in [3.05, 3.63) is 0 Å². The molecule has 0 saturated carbocycles. The highest BCUT2D eigenvalue weighted by atomic mass is 16.5. The Morgan fingerprint density at radius 1 is 1.24 bits per heavy atom. The number of hydrogen-bond donors (Lipinski definition) is 2. The van der Waals surface area contributed by atoms with Crippen LogP contribution in [-0.4, -0.2) is 79.8 Å². The molecule has 0 aliphatic carbocycles. The van der Waals surface area contributed by atoms with Crippen LogP contribution in [0.2, 0.25) is 0 Å². The molecule has 0 unspecified atom stereocenters. The number of rotatable bonds is 4. The van der Waals surface area contributed by atoms with Gasteiger partial charge in [-0.25, -0.2) is 0 Å². The molecule has 2 heterocycles. The van der Waals surface area contributed by atoms with Gasteiger partial charge in [-0.05, 0) is 33.7 Å². The molecule has 1 amide bonds. The SMILES string of the molecule is CN1CCN(C(C)(C)CNC(=O)C2(N)CCOCC2)CC1. The lowest BCUT2D eigenvalue weighted by Gasteiger charge is -2.44. The summed E-state index contributed by atoms with van der Waals surface area (Å²) in [6.07, 6.45) is 1.21. The summed E-state index contributed by atoms with van der Waals surface area (Å²) in [6.45, 7) is 10.4. The van der Waals surface area contributed by atoms with E-state index in [2.05, 4.69) is 36.0 Å². The Kier molecular flexibility index (Phi) is 5.24. The van der Waals surface area contributed by atoms with E-state index >= 15 is 0 Å². The fraction of sp³-hybridized carbons (Fsp3) is 0.933. The zero-order valence-corrected chi connectivity index (χ0v) is 13.7. The van der Waals surface area contributed by atoms with E-state index in [0.717, 1.165) is 26.2 Å².